The Morgan fingerprint density at radius 1 is 1.30 bits per heavy atom. The van der Waals surface area contributed by atoms with Gasteiger partial charge in [-0.05, 0) is 17.7 Å². The molecule has 0 bridgehead atoms. The van der Waals surface area contributed by atoms with E-state index in [2.05, 4.69) is 15.2 Å². The Balaban J connectivity index is 1.92. The van der Waals surface area contributed by atoms with Crippen LogP contribution in [0.15, 0.2) is 42.7 Å². The topological polar surface area (TPSA) is 102 Å². The minimum atomic E-state index is -5.18. The Morgan fingerprint density at radius 2 is 2.04 bits per heavy atom. The predicted molar refractivity (Wildman–Crippen MR) is 87.7 cm³/mol. The van der Waals surface area contributed by atoms with Gasteiger partial charge >= 0.3 is 6.18 Å². The highest BCUT2D eigenvalue weighted by Gasteiger charge is 2.59. The van der Waals surface area contributed by atoms with Crippen molar-refractivity contribution < 1.29 is 22.4 Å². The highest BCUT2D eigenvalue weighted by Crippen LogP contribution is 2.38. The Bertz CT molecular complexity index is 979. The second-order valence-corrected chi connectivity index (χ2v) is 5.80. The van der Waals surface area contributed by atoms with Crippen molar-refractivity contribution in [3.05, 3.63) is 54.1 Å². The van der Waals surface area contributed by atoms with Gasteiger partial charge in [-0.2, -0.15) is 18.3 Å². The summed E-state index contributed by atoms with van der Waals surface area (Å²) in [6.45, 7) is 0. The number of nitrogens with zero attached hydrogens (tertiary/aromatic N) is 3. The molecule has 0 fully saturated rings. The number of amides is 1. The fourth-order valence-electron chi connectivity index (χ4n) is 2.50. The normalized spacial score (nSPS) is 14.0. The van der Waals surface area contributed by atoms with E-state index in [-0.39, 0.29) is 5.82 Å². The van der Waals surface area contributed by atoms with Crippen LogP contribution in [-0.2, 0) is 17.4 Å². The molecule has 0 aliphatic rings. The lowest BCUT2D eigenvalue weighted by Gasteiger charge is -2.30. The van der Waals surface area contributed by atoms with E-state index < -0.39 is 29.0 Å². The third kappa shape index (κ3) is 3.28. The molecule has 7 nitrogen and oxygen atoms in total. The summed E-state index contributed by atoms with van der Waals surface area (Å²) >= 11 is 0. The Kier molecular flexibility index (Phi) is 4.47. The van der Waals surface area contributed by atoms with Crippen LogP contribution in [-0.4, -0.2) is 31.8 Å². The number of carbonyl (C=O) groups excluding carboxylic acids is 1. The van der Waals surface area contributed by atoms with Crippen LogP contribution in [0.4, 0.5) is 23.4 Å². The van der Waals surface area contributed by atoms with Gasteiger partial charge < -0.3 is 15.6 Å². The first-order valence-corrected chi connectivity index (χ1v) is 7.59. The van der Waals surface area contributed by atoms with Crippen molar-refractivity contribution in [2.45, 2.75) is 11.7 Å². The lowest BCUT2D eigenvalue weighted by Crippen LogP contribution is -2.58. The molecule has 1 amide bonds. The van der Waals surface area contributed by atoms with E-state index in [0.717, 1.165) is 18.2 Å². The van der Waals surface area contributed by atoms with Crippen molar-refractivity contribution in [1.29, 1.82) is 0 Å². The summed E-state index contributed by atoms with van der Waals surface area (Å²) < 4.78 is 55.9. The number of hydrogen-bond donors (Lipinski definition) is 3. The van der Waals surface area contributed by atoms with Crippen LogP contribution in [0, 0.1) is 5.82 Å². The molecule has 0 aliphatic heterocycles. The molecule has 4 N–H and O–H groups in total. The zero-order valence-corrected chi connectivity index (χ0v) is 13.9. The maximum absolute atomic E-state index is 13.6. The minimum absolute atomic E-state index is 0.187. The van der Waals surface area contributed by atoms with Crippen molar-refractivity contribution in [2.24, 2.45) is 12.8 Å². The third-order valence-corrected chi connectivity index (χ3v) is 3.97. The summed E-state index contributed by atoms with van der Waals surface area (Å²) in [5, 5.41) is 8.34. The highest BCUT2D eigenvalue weighted by molar-refractivity contribution is 5.99. The first kappa shape index (κ1) is 18.6. The number of halogens is 4. The molecular weight excluding hydrogens is 368 g/mol. The van der Waals surface area contributed by atoms with Crippen LogP contribution in [0.1, 0.15) is 5.56 Å². The first-order chi connectivity index (χ1) is 12.6. The molecule has 27 heavy (non-hydrogen) atoms. The van der Waals surface area contributed by atoms with Gasteiger partial charge in [-0.15, -0.1) is 0 Å². The van der Waals surface area contributed by atoms with Crippen molar-refractivity contribution in [3.8, 4) is 11.5 Å². The number of nitrogens with one attached hydrogen (secondary N) is 2. The van der Waals surface area contributed by atoms with Gasteiger partial charge in [0.05, 0.1) is 0 Å². The summed E-state index contributed by atoms with van der Waals surface area (Å²) in [6.07, 6.45) is -2.00. The van der Waals surface area contributed by atoms with Crippen LogP contribution < -0.4 is 11.1 Å². The van der Waals surface area contributed by atoms with Crippen LogP contribution in [0.2, 0.25) is 0 Å². The van der Waals surface area contributed by atoms with E-state index in [1.165, 1.54) is 12.3 Å². The molecule has 1 aromatic carbocycles. The molecule has 0 saturated heterocycles. The summed E-state index contributed by atoms with van der Waals surface area (Å²) in [7, 11) is 1.71. The molecule has 0 spiro atoms. The van der Waals surface area contributed by atoms with E-state index in [4.69, 9.17) is 5.73 Å². The van der Waals surface area contributed by atoms with Gasteiger partial charge in [0, 0.05) is 25.5 Å². The van der Waals surface area contributed by atoms with Crippen molar-refractivity contribution in [2.75, 3.05) is 5.32 Å². The monoisotopic (exact) mass is 382 g/mol. The number of benzene rings is 1. The number of rotatable bonds is 4. The second kappa shape index (κ2) is 6.50. The molecule has 1 atom stereocenters. The maximum Gasteiger partial charge on any atom is 0.419 e. The summed E-state index contributed by atoms with van der Waals surface area (Å²) in [5.74, 6) is -2.27. The second-order valence-electron chi connectivity index (χ2n) is 5.80. The first-order valence-electron chi connectivity index (χ1n) is 7.59. The number of nitrogens with two attached hydrogens (primary N) is 1. The smallest absolute Gasteiger partial charge is 0.333 e. The predicted octanol–water partition coefficient (Wildman–Crippen LogP) is 2.30. The van der Waals surface area contributed by atoms with Gasteiger partial charge in [-0.1, -0.05) is 12.1 Å². The average molecular weight is 382 g/mol. The Morgan fingerprint density at radius 3 is 2.63 bits per heavy atom. The van der Waals surface area contributed by atoms with Crippen LogP contribution >= 0.6 is 0 Å². The van der Waals surface area contributed by atoms with Gasteiger partial charge in [0.15, 0.2) is 11.6 Å². The van der Waals surface area contributed by atoms with E-state index in [1.54, 1.807) is 17.8 Å². The number of aromatic amines is 1. The van der Waals surface area contributed by atoms with E-state index in [1.807, 2.05) is 5.32 Å². The number of aryl methyl sites for hydroxylation is 1. The number of imidazole rings is 1. The summed E-state index contributed by atoms with van der Waals surface area (Å²) in [4.78, 5) is 16.5. The summed E-state index contributed by atoms with van der Waals surface area (Å²) in [6, 6.07) is 4.80. The molecule has 3 rings (SSSR count). The highest BCUT2D eigenvalue weighted by atomic mass is 19.4. The van der Waals surface area contributed by atoms with Gasteiger partial charge in [-0.25, -0.2) is 9.37 Å². The standard InChI is InChI=1S/C16H14F4N6O/c1-26-6-5-22-13(26)11-8-12(25-24-11)23-14(27)15(21,16(18,19)20)9-3-2-4-10(17)7-9/h2-8H,21H2,1H3,(H2,23,24,25,27). The molecule has 11 heteroatoms. The molecule has 2 heterocycles. The van der Waals surface area contributed by atoms with Crippen molar-refractivity contribution >= 4 is 11.7 Å². The average Bonchev–Trinajstić information content (AvgIpc) is 3.21. The lowest BCUT2D eigenvalue weighted by atomic mass is 9.89. The number of aromatic nitrogens is 4. The van der Waals surface area contributed by atoms with Crippen molar-refractivity contribution in [1.82, 2.24) is 19.7 Å². The minimum Gasteiger partial charge on any atom is -0.333 e. The number of hydrogen-bond acceptors (Lipinski definition) is 4. The third-order valence-electron chi connectivity index (χ3n) is 3.97. The Hall–Kier alpha value is -3.21. The molecule has 142 valence electrons. The number of carbonyl (C=O) groups is 1. The molecular formula is C16H14F4N6O. The van der Waals surface area contributed by atoms with Crippen LogP contribution in [0.3, 0.4) is 0 Å². The van der Waals surface area contributed by atoms with E-state index >= 15 is 0 Å². The quantitative estimate of drug-likeness (QED) is 0.603. The van der Waals surface area contributed by atoms with Gasteiger partial charge in [0.2, 0.25) is 5.54 Å². The summed E-state index contributed by atoms with van der Waals surface area (Å²) in [5.41, 5.74) is 1.61. The van der Waals surface area contributed by atoms with Crippen LogP contribution in [0.5, 0.6) is 0 Å². The molecule has 0 saturated carbocycles. The van der Waals surface area contributed by atoms with E-state index in [0.29, 0.717) is 17.6 Å². The number of H-pyrrole nitrogens is 1. The van der Waals surface area contributed by atoms with Gasteiger partial charge in [-0.3, -0.25) is 9.89 Å². The molecule has 0 radical (unpaired) electrons. The fourth-order valence-corrected chi connectivity index (χ4v) is 2.50. The molecule has 0 aliphatic carbocycles. The fraction of sp³-hybridized carbons (Fsp3) is 0.188. The lowest BCUT2D eigenvalue weighted by molar-refractivity contribution is -0.191. The number of alkyl halides is 3. The largest absolute Gasteiger partial charge is 0.419 e. The molecule has 1 unspecified atom stereocenters. The Labute approximate surface area is 150 Å². The zero-order chi connectivity index (χ0) is 19.8. The van der Waals surface area contributed by atoms with E-state index in [9.17, 15) is 22.4 Å². The van der Waals surface area contributed by atoms with Gasteiger partial charge in [0.25, 0.3) is 5.91 Å². The van der Waals surface area contributed by atoms with Crippen molar-refractivity contribution in [3.63, 3.8) is 0 Å². The zero-order valence-electron chi connectivity index (χ0n) is 13.9. The van der Waals surface area contributed by atoms with Gasteiger partial charge in [0.1, 0.15) is 11.5 Å². The maximum atomic E-state index is 13.6. The molecule has 2 aromatic heterocycles. The SMILES string of the molecule is Cn1ccnc1-c1cc(NC(=O)C(N)(c2cccc(F)c2)C(F)(F)F)n[nH]1. The van der Waals surface area contributed by atoms with Crippen LogP contribution in [0.25, 0.3) is 11.5 Å². The molecule has 3 aromatic rings. The number of anilines is 1.